The van der Waals surface area contributed by atoms with E-state index in [1.54, 1.807) is 43.7 Å². The number of pyridine rings is 1. The maximum absolute atomic E-state index is 12.9. The van der Waals surface area contributed by atoms with Crippen LogP contribution in [0.4, 0.5) is 10.6 Å². The first kappa shape index (κ1) is 27.2. The van der Waals surface area contributed by atoms with Gasteiger partial charge in [0, 0.05) is 62.2 Å². The van der Waals surface area contributed by atoms with Crippen LogP contribution in [0.3, 0.4) is 0 Å². The molecule has 1 saturated heterocycles. The van der Waals surface area contributed by atoms with Gasteiger partial charge in [-0.2, -0.15) is 0 Å². The molecule has 40 heavy (non-hydrogen) atoms. The first-order valence-corrected chi connectivity index (χ1v) is 13.3. The van der Waals surface area contributed by atoms with Crippen LogP contribution in [0.5, 0.6) is 17.2 Å². The highest BCUT2D eigenvalue weighted by Crippen LogP contribution is 2.36. The monoisotopic (exact) mass is 543 g/mol. The number of ether oxygens (including phenoxy) is 2. The minimum Gasteiger partial charge on any atom is -0.493 e. The number of aliphatic hydroxyl groups excluding tert-OH is 1. The number of aliphatic hydroxyl groups is 1. The number of piperidine rings is 1. The number of benzene rings is 2. The zero-order valence-corrected chi connectivity index (χ0v) is 22.6. The second-order valence-corrected chi connectivity index (χ2v) is 9.76. The van der Waals surface area contributed by atoms with Crippen LogP contribution < -0.4 is 20.1 Å². The second-order valence-electron chi connectivity index (χ2n) is 9.76. The smallest absolute Gasteiger partial charge is 0.325 e. The molecule has 2 aromatic heterocycles. The molecular weight excluding hydrogens is 510 g/mol. The Balaban J connectivity index is 1.23. The van der Waals surface area contributed by atoms with Crippen LogP contribution in [-0.4, -0.2) is 71.4 Å². The van der Waals surface area contributed by atoms with E-state index in [2.05, 4.69) is 20.5 Å². The van der Waals surface area contributed by atoms with Crippen LogP contribution in [0.1, 0.15) is 28.8 Å². The lowest BCUT2D eigenvalue weighted by molar-refractivity contribution is 0.0832. The van der Waals surface area contributed by atoms with Gasteiger partial charge in [-0.1, -0.05) is 12.1 Å². The highest BCUT2D eigenvalue weighted by Gasteiger charge is 2.17. The molecule has 1 fully saturated rings. The lowest BCUT2D eigenvalue weighted by atomic mass is 10.1. The van der Waals surface area contributed by atoms with E-state index in [1.165, 1.54) is 11.7 Å². The lowest BCUT2D eigenvalue weighted by Gasteiger charge is -2.29. The summed E-state index contributed by atoms with van der Waals surface area (Å²) < 4.78 is 13.1. The van der Waals surface area contributed by atoms with Gasteiger partial charge in [0.2, 0.25) is 0 Å². The quantitative estimate of drug-likeness (QED) is 0.304. The number of nitrogens with one attached hydrogen (secondary N) is 2. The van der Waals surface area contributed by atoms with Crippen molar-refractivity contribution in [3.63, 3.8) is 0 Å². The van der Waals surface area contributed by atoms with Gasteiger partial charge in [-0.25, -0.2) is 9.78 Å². The van der Waals surface area contributed by atoms with E-state index >= 15 is 0 Å². The molecule has 1 aliphatic heterocycles. The molecule has 0 aliphatic carbocycles. The number of anilines is 1. The molecule has 0 atom stereocenters. The maximum atomic E-state index is 12.9. The third-order valence-corrected chi connectivity index (χ3v) is 7.10. The Hall–Kier alpha value is -4.41. The normalized spacial score (nSPS) is 14.2. The van der Waals surface area contributed by atoms with Gasteiger partial charge in [-0.05, 0) is 55.2 Å². The number of hydrogen-bond donors (Lipinski definition) is 3. The van der Waals surface area contributed by atoms with Crippen molar-refractivity contribution in [2.75, 3.05) is 39.1 Å². The number of nitrogens with zero attached hydrogens (tertiary/aromatic N) is 3. The van der Waals surface area contributed by atoms with Crippen molar-refractivity contribution in [2.24, 2.45) is 0 Å². The minimum atomic E-state index is -0.268. The van der Waals surface area contributed by atoms with Crippen LogP contribution in [-0.2, 0) is 6.42 Å². The molecule has 10 heteroatoms. The van der Waals surface area contributed by atoms with Gasteiger partial charge in [0.05, 0.1) is 18.7 Å². The summed E-state index contributed by atoms with van der Waals surface area (Å²) in [6.07, 6.45) is 5.62. The molecule has 4 aromatic rings. The number of amides is 2. The molecule has 3 heterocycles. The molecule has 2 aromatic carbocycles. The molecule has 0 saturated carbocycles. The van der Waals surface area contributed by atoms with E-state index in [0.29, 0.717) is 34.1 Å². The van der Waals surface area contributed by atoms with Gasteiger partial charge in [0.15, 0.2) is 11.5 Å². The van der Waals surface area contributed by atoms with Crippen LogP contribution in [0.15, 0.2) is 67.0 Å². The third-order valence-electron chi connectivity index (χ3n) is 7.10. The average molecular weight is 544 g/mol. The van der Waals surface area contributed by atoms with Crippen molar-refractivity contribution in [1.29, 1.82) is 0 Å². The summed E-state index contributed by atoms with van der Waals surface area (Å²) in [6, 6.07) is 16.0. The fourth-order valence-electron chi connectivity index (χ4n) is 4.79. The standard InChI is InChI=1S/C30H33N5O5/c1-31-30(38)35-16-9-22-17-27(26(39-2)19-25(22)35)40-24-7-12-32-28(18-24)33-29(37)21-5-3-20(4-6-21)8-13-34-14-10-23(36)11-15-34/h3-7,9,12,16-19,23,36H,8,10-11,13-15H2,1-2H3,(H,31,38)(H,32,33,37). The van der Waals surface area contributed by atoms with Crippen molar-refractivity contribution >= 4 is 28.7 Å². The van der Waals surface area contributed by atoms with Gasteiger partial charge in [0.1, 0.15) is 11.6 Å². The van der Waals surface area contributed by atoms with Crippen molar-refractivity contribution in [3.8, 4) is 17.2 Å². The van der Waals surface area contributed by atoms with Gasteiger partial charge in [-0.3, -0.25) is 9.36 Å². The SMILES string of the molecule is CNC(=O)n1ccc2cc(Oc3ccnc(NC(=O)c4ccc(CCN5CCC(O)CC5)cc4)c3)c(OC)cc21. The Morgan fingerprint density at radius 1 is 1.05 bits per heavy atom. The Morgan fingerprint density at radius 3 is 2.55 bits per heavy atom. The molecule has 3 N–H and O–H groups in total. The van der Waals surface area contributed by atoms with Crippen LogP contribution in [0.25, 0.3) is 10.9 Å². The molecule has 0 radical (unpaired) electrons. The summed E-state index contributed by atoms with van der Waals surface area (Å²) in [6.45, 7) is 2.78. The summed E-state index contributed by atoms with van der Waals surface area (Å²) in [5, 5.41) is 15.9. The topological polar surface area (TPSA) is 118 Å². The maximum Gasteiger partial charge on any atom is 0.325 e. The first-order valence-electron chi connectivity index (χ1n) is 13.3. The zero-order chi connectivity index (χ0) is 28.1. The molecule has 1 aliphatic rings. The van der Waals surface area contributed by atoms with Gasteiger partial charge < -0.3 is 30.1 Å². The van der Waals surface area contributed by atoms with Crippen molar-refractivity contribution < 1.29 is 24.2 Å². The number of fused-ring (bicyclic) bond motifs is 1. The number of aromatic nitrogens is 2. The molecule has 0 bridgehead atoms. The Bertz CT molecular complexity index is 1490. The van der Waals surface area contributed by atoms with Gasteiger partial charge >= 0.3 is 6.03 Å². The second kappa shape index (κ2) is 12.2. The molecule has 0 unspecified atom stereocenters. The summed E-state index contributed by atoms with van der Waals surface area (Å²) in [5.41, 5.74) is 2.38. The molecule has 10 nitrogen and oxygen atoms in total. The minimum absolute atomic E-state index is 0.169. The van der Waals surface area contributed by atoms with E-state index in [-0.39, 0.29) is 18.0 Å². The van der Waals surface area contributed by atoms with E-state index < -0.39 is 0 Å². The third kappa shape index (κ3) is 6.24. The number of methoxy groups -OCH3 is 1. The highest BCUT2D eigenvalue weighted by atomic mass is 16.5. The Kier molecular flexibility index (Phi) is 8.28. The molecular formula is C30H33N5O5. The predicted octanol–water partition coefficient (Wildman–Crippen LogP) is 4.28. The zero-order valence-electron chi connectivity index (χ0n) is 22.6. The number of rotatable bonds is 8. The van der Waals surface area contributed by atoms with Crippen molar-refractivity contribution in [1.82, 2.24) is 19.8 Å². The molecule has 5 rings (SSSR count). The highest BCUT2D eigenvalue weighted by molar-refractivity contribution is 6.03. The van der Waals surface area contributed by atoms with E-state index in [9.17, 15) is 14.7 Å². The summed E-state index contributed by atoms with van der Waals surface area (Å²) in [7, 11) is 3.10. The Morgan fingerprint density at radius 2 is 1.82 bits per heavy atom. The largest absolute Gasteiger partial charge is 0.493 e. The first-order chi connectivity index (χ1) is 19.4. The fraction of sp³-hybridized carbons (Fsp3) is 0.300. The average Bonchev–Trinajstić information content (AvgIpc) is 3.39. The molecule has 2 amide bonds. The van der Waals surface area contributed by atoms with Gasteiger partial charge in [0.25, 0.3) is 5.91 Å². The molecule has 0 spiro atoms. The van der Waals surface area contributed by atoms with Crippen LogP contribution >= 0.6 is 0 Å². The summed E-state index contributed by atoms with van der Waals surface area (Å²) in [4.78, 5) is 31.6. The van der Waals surface area contributed by atoms with Gasteiger partial charge in [-0.15, -0.1) is 0 Å². The summed E-state index contributed by atoms with van der Waals surface area (Å²) in [5.74, 6) is 1.47. The molecule has 208 valence electrons. The number of likely N-dealkylation sites (tertiary alicyclic amines) is 1. The predicted molar refractivity (Wildman–Crippen MR) is 152 cm³/mol. The number of carbonyl (C=O) groups excluding carboxylic acids is 2. The van der Waals surface area contributed by atoms with Crippen LogP contribution in [0, 0.1) is 0 Å². The fourth-order valence-corrected chi connectivity index (χ4v) is 4.79. The number of carbonyl (C=O) groups is 2. The number of hydrogen-bond acceptors (Lipinski definition) is 7. The summed E-state index contributed by atoms with van der Waals surface area (Å²) >= 11 is 0. The van der Waals surface area contributed by atoms with Crippen molar-refractivity contribution in [2.45, 2.75) is 25.4 Å². The Labute approximate surface area is 232 Å². The van der Waals surface area contributed by atoms with Crippen LogP contribution in [0.2, 0.25) is 0 Å². The van der Waals surface area contributed by atoms with E-state index in [0.717, 1.165) is 49.8 Å². The lowest BCUT2D eigenvalue weighted by Crippen LogP contribution is -2.37. The van der Waals surface area contributed by atoms with E-state index in [4.69, 9.17) is 9.47 Å². The van der Waals surface area contributed by atoms with E-state index in [1.807, 2.05) is 30.3 Å². The van der Waals surface area contributed by atoms with Crippen molar-refractivity contribution in [3.05, 3.63) is 78.1 Å².